The van der Waals surface area contributed by atoms with Gasteiger partial charge in [-0.05, 0) is 13.8 Å². The van der Waals surface area contributed by atoms with Gasteiger partial charge in [-0.3, -0.25) is 0 Å². The van der Waals surface area contributed by atoms with E-state index in [2.05, 4.69) is 17.9 Å². The van der Waals surface area contributed by atoms with Crippen LogP contribution in [0.3, 0.4) is 0 Å². The zero-order valence-corrected chi connectivity index (χ0v) is 11.5. The Kier molecular flexibility index (Phi) is 15.8. The Morgan fingerprint density at radius 1 is 1.10 bits per heavy atom. The van der Waals surface area contributed by atoms with Gasteiger partial charge < -0.3 is 14.9 Å². The lowest BCUT2D eigenvalue weighted by Crippen LogP contribution is -1.98. The molecule has 0 rings (SSSR count). The van der Waals surface area contributed by atoms with Gasteiger partial charge in [0.1, 0.15) is 0 Å². The number of aliphatic carboxylic acids is 2. The third-order valence-corrected chi connectivity index (χ3v) is 1.09. The van der Waals surface area contributed by atoms with Gasteiger partial charge in [-0.15, -0.1) is 0 Å². The van der Waals surface area contributed by atoms with E-state index in [0.29, 0.717) is 23.3 Å². The van der Waals surface area contributed by atoms with Crippen molar-refractivity contribution in [1.29, 1.82) is 5.26 Å². The van der Waals surface area contributed by atoms with E-state index in [4.69, 9.17) is 15.5 Å². The number of carbonyl (C=O) groups excluding carboxylic acids is 1. The molecule has 0 aliphatic carbocycles. The predicted molar refractivity (Wildman–Crippen MR) is 71.7 cm³/mol. The van der Waals surface area contributed by atoms with Crippen molar-refractivity contribution in [3.8, 4) is 6.07 Å². The number of hydrogen-bond acceptors (Lipinski definition) is 5. The summed E-state index contributed by atoms with van der Waals surface area (Å²) >= 11 is 0. The molecule has 7 nitrogen and oxygen atoms in total. The Hall–Kier alpha value is -2.88. The van der Waals surface area contributed by atoms with Crippen LogP contribution in [0.4, 0.5) is 0 Å². The first-order chi connectivity index (χ1) is 9.08. The topological polar surface area (TPSA) is 125 Å². The average Bonchev–Trinajstić information content (AvgIpc) is 2.36. The van der Waals surface area contributed by atoms with E-state index >= 15 is 0 Å². The first-order valence-corrected chi connectivity index (χ1v) is 5.01. The highest BCUT2D eigenvalue weighted by Crippen LogP contribution is 1.87. The number of methoxy groups -OCH3 is 1. The van der Waals surface area contributed by atoms with Crippen molar-refractivity contribution in [2.45, 2.75) is 13.8 Å². The summed E-state index contributed by atoms with van der Waals surface area (Å²) in [5.74, 6) is -2.86. The molecule has 7 heteroatoms. The molecule has 0 aliphatic rings. The van der Waals surface area contributed by atoms with Gasteiger partial charge in [0.25, 0.3) is 0 Å². The smallest absolute Gasteiger partial charge is 0.332 e. The van der Waals surface area contributed by atoms with Crippen molar-refractivity contribution in [2.24, 2.45) is 0 Å². The van der Waals surface area contributed by atoms with Crippen molar-refractivity contribution in [3.05, 3.63) is 36.5 Å². The number of carbonyl (C=O) groups is 3. The first-order valence-electron chi connectivity index (χ1n) is 5.01. The summed E-state index contributed by atoms with van der Waals surface area (Å²) in [4.78, 5) is 29.3. The average molecular weight is 283 g/mol. The lowest BCUT2D eigenvalue weighted by molar-refractivity contribution is -0.136. The zero-order valence-electron chi connectivity index (χ0n) is 11.5. The highest BCUT2D eigenvalue weighted by atomic mass is 16.5. The molecule has 0 aromatic heterocycles. The van der Waals surface area contributed by atoms with Crippen LogP contribution >= 0.6 is 0 Å². The molecule has 0 aromatic rings. The molecule has 0 aromatic carbocycles. The van der Waals surface area contributed by atoms with Crippen LogP contribution in [0.2, 0.25) is 0 Å². The summed E-state index contributed by atoms with van der Waals surface area (Å²) < 4.78 is 4.27. The van der Waals surface area contributed by atoms with E-state index in [1.807, 2.05) is 6.07 Å². The maximum Gasteiger partial charge on any atom is 0.332 e. The summed E-state index contributed by atoms with van der Waals surface area (Å²) in [6, 6.07) is 1.83. The van der Waals surface area contributed by atoms with Crippen LogP contribution < -0.4 is 0 Å². The van der Waals surface area contributed by atoms with E-state index < -0.39 is 11.9 Å². The predicted octanol–water partition coefficient (Wildman–Crippen LogP) is 1.53. The van der Waals surface area contributed by atoms with Gasteiger partial charge in [0.15, 0.2) is 0 Å². The highest BCUT2D eigenvalue weighted by molar-refractivity contribution is 5.89. The molecule has 2 N–H and O–H groups in total. The molecule has 110 valence electrons. The van der Waals surface area contributed by atoms with E-state index in [1.54, 1.807) is 13.8 Å². The van der Waals surface area contributed by atoms with Gasteiger partial charge in [-0.25, -0.2) is 14.4 Å². The van der Waals surface area contributed by atoms with E-state index in [9.17, 15) is 14.4 Å². The fourth-order valence-corrected chi connectivity index (χ4v) is 0.317. The Morgan fingerprint density at radius 2 is 1.40 bits per heavy atom. The quantitative estimate of drug-likeness (QED) is 0.457. The molecule has 0 heterocycles. The molecule has 0 saturated carbocycles. The van der Waals surface area contributed by atoms with Gasteiger partial charge in [-0.2, -0.15) is 5.26 Å². The minimum Gasteiger partial charge on any atom is -0.478 e. The van der Waals surface area contributed by atoms with Gasteiger partial charge >= 0.3 is 17.9 Å². The fourth-order valence-electron chi connectivity index (χ4n) is 0.317. The van der Waals surface area contributed by atoms with Crippen LogP contribution in [0.1, 0.15) is 13.8 Å². The van der Waals surface area contributed by atoms with Crippen LogP contribution in [0.25, 0.3) is 0 Å². The molecule has 0 unspecified atom stereocenters. The SMILES string of the molecule is C=C(C)C#N.C=C(C)C(=O)OC.O=C(O)/C=C\C(=O)O. The van der Waals surface area contributed by atoms with Crippen molar-refractivity contribution >= 4 is 17.9 Å². The van der Waals surface area contributed by atoms with Crippen LogP contribution in [0.15, 0.2) is 36.5 Å². The van der Waals surface area contributed by atoms with E-state index in [1.165, 1.54) is 7.11 Å². The maximum absolute atomic E-state index is 10.2. The molecule has 0 amide bonds. The summed E-state index contributed by atoms with van der Waals surface area (Å²) in [5.41, 5.74) is 0.993. The molecule has 0 fully saturated rings. The molecule has 0 spiro atoms. The number of carboxylic acid groups (broad SMARTS) is 2. The zero-order chi connectivity index (χ0) is 16.7. The Balaban J connectivity index is -0.000000223. The lowest BCUT2D eigenvalue weighted by Gasteiger charge is -1.91. The molecule has 0 radical (unpaired) electrons. The van der Waals surface area contributed by atoms with Crippen LogP contribution in [0.5, 0.6) is 0 Å². The molecule has 0 aliphatic heterocycles. The van der Waals surface area contributed by atoms with Crippen molar-refractivity contribution in [1.82, 2.24) is 0 Å². The molecule has 0 saturated heterocycles. The lowest BCUT2D eigenvalue weighted by atomic mass is 10.4. The second-order valence-electron chi connectivity index (χ2n) is 3.17. The van der Waals surface area contributed by atoms with Crippen LogP contribution in [-0.2, 0) is 19.1 Å². The summed E-state index contributed by atoms with van der Waals surface area (Å²) in [6.07, 6.45) is 1.12. The molecule has 0 bridgehead atoms. The van der Waals surface area contributed by atoms with Crippen LogP contribution in [0, 0.1) is 11.3 Å². The van der Waals surface area contributed by atoms with E-state index in [-0.39, 0.29) is 5.97 Å². The number of carboxylic acids is 2. The molecule has 0 atom stereocenters. The maximum atomic E-state index is 10.2. The second kappa shape index (κ2) is 14.2. The van der Waals surface area contributed by atoms with Gasteiger partial charge in [0.2, 0.25) is 0 Å². The third-order valence-electron chi connectivity index (χ3n) is 1.09. The standard InChI is InChI=1S/C5H8O2.C4H5N.C4H4O4/c1-4(2)5(6)7-3;1-4(2)3-5;5-3(6)1-2-4(7)8/h1H2,2-3H3;1H2,2H3;1-2H,(H,5,6)(H,7,8)/b;;2-1-. The van der Waals surface area contributed by atoms with Crippen LogP contribution in [-0.4, -0.2) is 35.2 Å². The Bertz CT molecular complexity index is 426. The number of esters is 1. The van der Waals surface area contributed by atoms with Gasteiger partial charge in [0, 0.05) is 23.3 Å². The summed E-state index contributed by atoms with van der Waals surface area (Å²) in [5, 5.41) is 23.4. The number of ether oxygens (including phenoxy) is 1. The highest BCUT2D eigenvalue weighted by Gasteiger charge is 1.95. The molecular formula is C13H17NO6. The van der Waals surface area contributed by atoms with Gasteiger partial charge in [0.05, 0.1) is 13.2 Å². The number of nitrogens with zero attached hydrogens (tertiary/aromatic N) is 1. The summed E-state index contributed by atoms with van der Waals surface area (Å²) in [6.45, 7) is 9.93. The van der Waals surface area contributed by atoms with Gasteiger partial charge in [-0.1, -0.05) is 13.2 Å². The third kappa shape index (κ3) is 29.4. The van der Waals surface area contributed by atoms with Crippen molar-refractivity contribution in [3.63, 3.8) is 0 Å². The largest absolute Gasteiger partial charge is 0.478 e. The van der Waals surface area contributed by atoms with Crippen molar-refractivity contribution < 1.29 is 29.3 Å². The second-order valence-corrected chi connectivity index (χ2v) is 3.17. The number of allylic oxidation sites excluding steroid dienone is 1. The molecular weight excluding hydrogens is 266 g/mol. The fraction of sp³-hybridized carbons (Fsp3) is 0.231. The number of nitriles is 1. The van der Waals surface area contributed by atoms with Crippen molar-refractivity contribution in [2.75, 3.05) is 7.11 Å². The first kappa shape index (κ1) is 22.3. The number of rotatable bonds is 3. The Labute approximate surface area is 117 Å². The number of hydrogen-bond donors (Lipinski definition) is 2. The minimum absolute atomic E-state index is 0.347. The van der Waals surface area contributed by atoms with E-state index in [0.717, 1.165) is 0 Å². The molecule has 20 heavy (non-hydrogen) atoms. The monoisotopic (exact) mass is 283 g/mol. The summed E-state index contributed by atoms with van der Waals surface area (Å²) in [7, 11) is 1.33. The Morgan fingerprint density at radius 3 is 1.45 bits per heavy atom. The minimum atomic E-state index is -1.26. The normalized spacial score (nSPS) is 7.90.